The highest BCUT2D eigenvalue weighted by molar-refractivity contribution is 7.98. The van der Waals surface area contributed by atoms with E-state index < -0.39 is 10.0 Å². The summed E-state index contributed by atoms with van der Waals surface area (Å²) in [6.45, 7) is 1.34. The van der Waals surface area contributed by atoms with Gasteiger partial charge in [-0.25, -0.2) is 12.4 Å². The molecule has 3 aromatic rings. The normalized spacial score (nSPS) is 14.8. The van der Waals surface area contributed by atoms with Crippen LogP contribution in [0.3, 0.4) is 0 Å². The maximum atomic E-state index is 13.4. The minimum atomic E-state index is -3.88. The molecule has 1 amide bonds. The van der Waals surface area contributed by atoms with Crippen molar-refractivity contribution in [3.8, 4) is 0 Å². The number of carbonyl (C=O) groups excluding carboxylic acids is 1. The van der Waals surface area contributed by atoms with Crippen molar-refractivity contribution in [3.63, 3.8) is 0 Å². The quantitative estimate of drug-likeness (QED) is 0.625. The molecule has 7 heteroatoms. The van der Waals surface area contributed by atoms with E-state index in [4.69, 9.17) is 0 Å². The lowest BCUT2D eigenvalue weighted by atomic mass is 10.2. The van der Waals surface area contributed by atoms with E-state index in [1.807, 2.05) is 18.4 Å². The molecule has 2 aromatic carbocycles. The van der Waals surface area contributed by atoms with Crippen LogP contribution in [0.1, 0.15) is 23.3 Å². The van der Waals surface area contributed by atoms with Gasteiger partial charge in [0.25, 0.3) is 15.9 Å². The summed E-state index contributed by atoms with van der Waals surface area (Å²) in [5.41, 5.74) is 0.730. The SMILES string of the molecule is CSc1ccc2c(c1)cc(C(=O)N1CCCC1)n2S(=O)(=O)c1ccccc1. The Hall–Kier alpha value is -2.25. The predicted molar refractivity (Wildman–Crippen MR) is 108 cm³/mol. The van der Waals surface area contributed by atoms with Gasteiger partial charge >= 0.3 is 0 Å². The molecule has 2 heterocycles. The van der Waals surface area contributed by atoms with Crippen LogP contribution in [0.5, 0.6) is 0 Å². The van der Waals surface area contributed by atoms with Gasteiger partial charge in [0.05, 0.1) is 10.4 Å². The Morgan fingerprint density at radius 1 is 1.00 bits per heavy atom. The van der Waals surface area contributed by atoms with Crippen LogP contribution in [-0.4, -0.2) is 42.5 Å². The van der Waals surface area contributed by atoms with Gasteiger partial charge in [-0.05, 0) is 55.5 Å². The molecule has 27 heavy (non-hydrogen) atoms. The van der Waals surface area contributed by atoms with Crippen LogP contribution in [0.25, 0.3) is 10.9 Å². The van der Waals surface area contributed by atoms with Gasteiger partial charge in [-0.1, -0.05) is 18.2 Å². The summed E-state index contributed by atoms with van der Waals surface area (Å²) < 4.78 is 28.0. The third-order valence-electron chi connectivity index (χ3n) is 4.86. The van der Waals surface area contributed by atoms with Crippen molar-refractivity contribution in [2.45, 2.75) is 22.6 Å². The summed E-state index contributed by atoms with van der Waals surface area (Å²) in [6.07, 6.45) is 3.87. The highest BCUT2D eigenvalue weighted by atomic mass is 32.2. The molecule has 1 aliphatic rings. The van der Waals surface area contributed by atoms with Gasteiger partial charge in [0, 0.05) is 23.4 Å². The Bertz CT molecular complexity index is 1100. The van der Waals surface area contributed by atoms with E-state index in [0.717, 1.165) is 23.1 Å². The topological polar surface area (TPSA) is 59.4 Å². The minimum Gasteiger partial charge on any atom is -0.337 e. The van der Waals surface area contributed by atoms with E-state index >= 15 is 0 Å². The number of carbonyl (C=O) groups is 1. The summed E-state index contributed by atoms with van der Waals surface area (Å²) in [5.74, 6) is -0.228. The molecule has 1 aliphatic heterocycles. The number of hydrogen-bond donors (Lipinski definition) is 0. The molecular weight excluding hydrogens is 380 g/mol. The summed E-state index contributed by atoms with van der Waals surface area (Å²) in [6, 6.07) is 15.6. The largest absolute Gasteiger partial charge is 0.337 e. The second-order valence-corrected chi connectivity index (χ2v) is 9.20. The molecule has 0 aliphatic carbocycles. The molecule has 0 unspecified atom stereocenters. The molecule has 0 N–H and O–H groups in total. The smallest absolute Gasteiger partial charge is 0.271 e. The Balaban J connectivity index is 1.96. The fourth-order valence-electron chi connectivity index (χ4n) is 3.48. The van der Waals surface area contributed by atoms with Gasteiger partial charge in [0.2, 0.25) is 0 Å². The average molecular weight is 401 g/mol. The standard InChI is InChI=1S/C20H20N2O3S2/c1-26-16-9-10-18-15(13-16)14-19(20(23)21-11-5-6-12-21)22(18)27(24,25)17-7-3-2-4-8-17/h2-4,7-10,13-14H,5-6,11-12H2,1H3. The Labute approximate surface area is 163 Å². The number of hydrogen-bond acceptors (Lipinski definition) is 4. The van der Waals surface area contributed by atoms with Crippen LogP contribution in [-0.2, 0) is 10.0 Å². The zero-order valence-corrected chi connectivity index (χ0v) is 16.6. The summed E-state index contributed by atoms with van der Waals surface area (Å²) in [7, 11) is -3.88. The number of nitrogens with zero attached hydrogens (tertiary/aromatic N) is 2. The van der Waals surface area contributed by atoms with Crippen molar-refractivity contribution in [2.24, 2.45) is 0 Å². The van der Waals surface area contributed by atoms with Crippen LogP contribution >= 0.6 is 11.8 Å². The van der Waals surface area contributed by atoms with Crippen LogP contribution in [0.2, 0.25) is 0 Å². The van der Waals surface area contributed by atoms with Gasteiger partial charge in [0.1, 0.15) is 5.69 Å². The van der Waals surface area contributed by atoms with Crippen molar-refractivity contribution in [1.29, 1.82) is 0 Å². The molecule has 0 saturated carbocycles. The second kappa shape index (κ2) is 7.05. The number of aromatic nitrogens is 1. The predicted octanol–water partition coefficient (Wildman–Crippen LogP) is 3.84. The van der Waals surface area contributed by atoms with Gasteiger partial charge in [-0.2, -0.15) is 0 Å². The first kappa shape index (κ1) is 18.1. The number of rotatable bonds is 4. The van der Waals surface area contributed by atoms with Gasteiger partial charge in [-0.15, -0.1) is 11.8 Å². The lowest BCUT2D eigenvalue weighted by Gasteiger charge is -2.17. The van der Waals surface area contributed by atoms with Crippen LogP contribution in [0.15, 0.2) is 64.4 Å². The maximum absolute atomic E-state index is 13.4. The van der Waals surface area contributed by atoms with E-state index in [1.54, 1.807) is 59.1 Å². The minimum absolute atomic E-state index is 0.173. The molecule has 1 aromatic heterocycles. The van der Waals surface area contributed by atoms with E-state index in [0.29, 0.717) is 18.6 Å². The molecular formula is C20H20N2O3S2. The molecule has 0 spiro atoms. The fraction of sp³-hybridized carbons (Fsp3) is 0.250. The van der Waals surface area contributed by atoms with Crippen molar-refractivity contribution in [3.05, 3.63) is 60.3 Å². The van der Waals surface area contributed by atoms with Crippen LogP contribution in [0, 0.1) is 0 Å². The zero-order chi connectivity index (χ0) is 19.0. The number of thioether (sulfide) groups is 1. The third-order valence-corrected chi connectivity index (χ3v) is 7.33. The second-order valence-electron chi connectivity index (χ2n) is 6.54. The molecule has 1 saturated heterocycles. The van der Waals surface area contributed by atoms with E-state index in [-0.39, 0.29) is 16.5 Å². The summed E-state index contributed by atoms with van der Waals surface area (Å²) in [4.78, 5) is 16.0. The highest BCUT2D eigenvalue weighted by Crippen LogP contribution is 2.30. The molecule has 0 atom stereocenters. The average Bonchev–Trinajstić information content (AvgIpc) is 3.35. The molecule has 4 rings (SSSR count). The maximum Gasteiger partial charge on any atom is 0.271 e. The molecule has 1 fully saturated rings. The zero-order valence-electron chi connectivity index (χ0n) is 15.0. The van der Waals surface area contributed by atoms with Gasteiger partial charge < -0.3 is 4.90 Å². The Kier molecular flexibility index (Phi) is 4.74. The molecule has 0 bridgehead atoms. The van der Waals surface area contributed by atoms with Gasteiger partial charge in [-0.3, -0.25) is 4.79 Å². The number of fused-ring (bicyclic) bond motifs is 1. The van der Waals surface area contributed by atoms with Crippen LogP contribution < -0.4 is 0 Å². The summed E-state index contributed by atoms with van der Waals surface area (Å²) >= 11 is 1.58. The van der Waals surface area contributed by atoms with Crippen molar-refractivity contribution in [2.75, 3.05) is 19.3 Å². The van der Waals surface area contributed by atoms with E-state index in [9.17, 15) is 13.2 Å². The van der Waals surface area contributed by atoms with Crippen LogP contribution in [0.4, 0.5) is 0 Å². The molecule has 140 valence electrons. The number of benzene rings is 2. The highest BCUT2D eigenvalue weighted by Gasteiger charge is 2.29. The third kappa shape index (κ3) is 3.15. The van der Waals surface area contributed by atoms with Crippen molar-refractivity contribution >= 4 is 38.6 Å². The first-order valence-corrected chi connectivity index (χ1v) is 11.5. The van der Waals surface area contributed by atoms with Crippen molar-refractivity contribution in [1.82, 2.24) is 8.87 Å². The Morgan fingerprint density at radius 3 is 2.37 bits per heavy atom. The van der Waals surface area contributed by atoms with E-state index in [2.05, 4.69) is 0 Å². The van der Waals surface area contributed by atoms with E-state index in [1.165, 1.54) is 3.97 Å². The van der Waals surface area contributed by atoms with Gasteiger partial charge in [0.15, 0.2) is 0 Å². The first-order valence-electron chi connectivity index (χ1n) is 8.82. The number of amides is 1. The lowest BCUT2D eigenvalue weighted by Crippen LogP contribution is -2.31. The van der Waals surface area contributed by atoms with Crippen molar-refractivity contribution < 1.29 is 13.2 Å². The fourth-order valence-corrected chi connectivity index (χ4v) is 5.46. The first-order chi connectivity index (χ1) is 13.0. The summed E-state index contributed by atoms with van der Waals surface area (Å²) in [5, 5.41) is 0.754. The monoisotopic (exact) mass is 400 g/mol. The molecule has 5 nitrogen and oxygen atoms in total. The Morgan fingerprint density at radius 2 is 1.70 bits per heavy atom. The molecule has 0 radical (unpaired) electrons. The lowest BCUT2D eigenvalue weighted by molar-refractivity contribution is 0.0786. The number of likely N-dealkylation sites (tertiary alicyclic amines) is 1.